The molecule has 4 N–H and O–H groups in total. The molecule has 1 heterocycles. The molecule has 2 aromatic rings. The highest BCUT2D eigenvalue weighted by atomic mass is 16.5. The first kappa shape index (κ1) is 14.0. The second-order valence-corrected chi connectivity index (χ2v) is 5.36. The largest absolute Gasteiger partial charge is 0.381 e. The van der Waals surface area contributed by atoms with Crippen LogP contribution in [0.4, 0.5) is 11.8 Å². The number of nitrogens with two attached hydrogens (primary N) is 1. The van der Waals surface area contributed by atoms with Gasteiger partial charge in [0.25, 0.3) is 0 Å². The number of nitrogens with one attached hydrogen (secondary N) is 2. The topological polar surface area (TPSA) is 85.1 Å². The van der Waals surface area contributed by atoms with Crippen molar-refractivity contribution in [3.8, 4) is 0 Å². The molecule has 1 aliphatic carbocycles. The van der Waals surface area contributed by atoms with Crippen molar-refractivity contribution in [3.63, 3.8) is 0 Å². The van der Waals surface area contributed by atoms with Gasteiger partial charge in [-0.2, -0.15) is 4.98 Å². The molecule has 3 rings (SSSR count). The van der Waals surface area contributed by atoms with Crippen LogP contribution in [-0.4, -0.2) is 29.7 Å². The summed E-state index contributed by atoms with van der Waals surface area (Å²) in [5, 5.41) is 4.34. The Labute approximate surface area is 124 Å². The molecule has 1 fully saturated rings. The molecule has 6 nitrogen and oxygen atoms in total. The SMILES string of the molecule is NNc1nc(NCCCOCC2CC2)c2ccccc2n1. The lowest BCUT2D eigenvalue weighted by Gasteiger charge is -2.10. The number of aromatic nitrogens is 2. The third-order valence-electron chi connectivity index (χ3n) is 3.54. The standard InChI is InChI=1S/C15H21N5O/c16-20-15-18-13-5-2-1-4-12(13)14(19-15)17-8-3-9-21-10-11-6-7-11/h1-2,4-5,11H,3,6-10,16H2,(H2,17,18,19,20). The highest BCUT2D eigenvalue weighted by molar-refractivity contribution is 5.89. The van der Waals surface area contributed by atoms with E-state index in [1.165, 1.54) is 12.8 Å². The number of ether oxygens (including phenoxy) is 1. The summed E-state index contributed by atoms with van der Waals surface area (Å²) in [4.78, 5) is 8.70. The van der Waals surface area contributed by atoms with Gasteiger partial charge in [0.2, 0.25) is 5.95 Å². The van der Waals surface area contributed by atoms with Crippen LogP contribution in [0, 0.1) is 5.92 Å². The average Bonchev–Trinajstić information content (AvgIpc) is 3.34. The maximum Gasteiger partial charge on any atom is 0.239 e. The molecule has 0 aliphatic heterocycles. The number of nitrogens with zero attached hydrogens (tertiary/aromatic N) is 2. The monoisotopic (exact) mass is 287 g/mol. The summed E-state index contributed by atoms with van der Waals surface area (Å²) >= 11 is 0. The van der Waals surface area contributed by atoms with E-state index in [4.69, 9.17) is 10.6 Å². The minimum Gasteiger partial charge on any atom is -0.381 e. The smallest absolute Gasteiger partial charge is 0.239 e. The Kier molecular flexibility index (Phi) is 4.47. The van der Waals surface area contributed by atoms with Gasteiger partial charge in [0.05, 0.1) is 5.52 Å². The van der Waals surface area contributed by atoms with Crippen molar-refractivity contribution in [3.05, 3.63) is 24.3 Å². The number of anilines is 2. The summed E-state index contributed by atoms with van der Waals surface area (Å²) in [6, 6.07) is 7.87. The molecular formula is C15H21N5O. The van der Waals surface area contributed by atoms with Crippen LogP contribution in [-0.2, 0) is 4.74 Å². The van der Waals surface area contributed by atoms with Gasteiger partial charge in [-0.05, 0) is 37.3 Å². The van der Waals surface area contributed by atoms with Crippen LogP contribution in [0.2, 0.25) is 0 Å². The van der Waals surface area contributed by atoms with E-state index in [2.05, 4.69) is 20.7 Å². The number of hydrazine groups is 1. The summed E-state index contributed by atoms with van der Waals surface area (Å²) in [7, 11) is 0. The lowest BCUT2D eigenvalue weighted by molar-refractivity contribution is 0.124. The Morgan fingerprint density at radius 2 is 2.10 bits per heavy atom. The molecule has 0 amide bonds. The predicted octanol–water partition coefficient (Wildman–Crippen LogP) is 2.14. The van der Waals surface area contributed by atoms with Gasteiger partial charge in [-0.15, -0.1) is 0 Å². The molecule has 0 atom stereocenters. The Balaban J connectivity index is 1.56. The Hall–Kier alpha value is -1.92. The van der Waals surface area contributed by atoms with Crippen molar-refractivity contribution in [2.45, 2.75) is 19.3 Å². The minimum atomic E-state index is 0.418. The second kappa shape index (κ2) is 6.69. The van der Waals surface area contributed by atoms with Gasteiger partial charge in [-0.1, -0.05) is 12.1 Å². The quantitative estimate of drug-likeness (QED) is 0.392. The van der Waals surface area contributed by atoms with Crippen molar-refractivity contribution in [2.75, 3.05) is 30.5 Å². The molecule has 1 aromatic carbocycles. The zero-order valence-electron chi connectivity index (χ0n) is 12.0. The first-order valence-electron chi connectivity index (χ1n) is 7.42. The number of hydrogen-bond acceptors (Lipinski definition) is 6. The lowest BCUT2D eigenvalue weighted by Crippen LogP contribution is -2.13. The highest BCUT2D eigenvalue weighted by Gasteiger charge is 2.20. The number of hydrogen-bond donors (Lipinski definition) is 3. The van der Waals surface area contributed by atoms with E-state index in [9.17, 15) is 0 Å². The molecular weight excluding hydrogens is 266 g/mol. The van der Waals surface area contributed by atoms with Crippen LogP contribution in [0.1, 0.15) is 19.3 Å². The molecule has 0 radical (unpaired) electrons. The van der Waals surface area contributed by atoms with E-state index in [1.54, 1.807) is 0 Å². The first-order valence-corrected chi connectivity index (χ1v) is 7.42. The van der Waals surface area contributed by atoms with E-state index in [0.29, 0.717) is 5.95 Å². The van der Waals surface area contributed by atoms with Gasteiger partial charge in [-0.25, -0.2) is 10.8 Å². The molecule has 21 heavy (non-hydrogen) atoms. The van der Waals surface area contributed by atoms with E-state index >= 15 is 0 Å². The fourth-order valence-corrected chi connectivity index (χ4v) is 2.19. The average molecular weight is 287 g/mol. The number of rotatable bonds is 8. The highest BCUT2D eigenvalue weighted by Crippen LogP contribution is 2.28. The Morgan fingerprint density at radius 3 is 2.90 bits per heavy atom. The molecule has 1 aromatic heterocycles. The Bertz CT molecular complexity index is 600. The third-order valence-corrected chi connectivity index (χ3v) is 3.54. The maximum absolute atomic E-state index is 5.62. The Morgan fingerprint density at radius 1 is 1.24 bits per heavy atom. The van der Waals surface area contributed by atoms with Gasteiger partial charge in [0.15, 0.2) is 0 Å². The van der Waals surface area contributed by atoms with Gasteiger partial charge in [0, 0.05) is 25.1 Å². The van der Waals surface area contributed by atoms with Crippen molar-refractivity contribution in [1.82, 2.24) is 9.97 Å². The van der Waals surface area contributed by atoms with E-state index in [1.807, 2.05) is 24.3 Å². The van der Waals surface area contributed by atoms with Crippen LogP contribution in [0.15, 0.2) is 24.3 Å². The lowest BCUT2D eigenvalue weighted by atomic mass is 10.2. The number of para-hydroxylation sites is 1. The van der Waals surface area contributed by atoms with Crippen molar-refractivity contribution >= 4 is 22.7 Å². The fourth-order valence-electron chi connectivity index (χ4n) is 2.19. The number of fused-ring (bicyclic) bond motifs is 1. The molecule has 0 unspecified atom stereocenters. The zero-order chi connectivity index (χ0) is 14.5. The van der Waals surface area contributed by atoms with Crippen molar-refractivity contribution < 1.29 is 4.74 Å². The normalized spacial score (nSPS) is 14.3. The summed E-state index contributed by atoms with van der Waals surface area (Å²) in [5.74, 6) is 7.46. The van der Waals surface area contributed by atoms with Crippen LogP contribution in [0.3, 0.4) is 0 Å². The third kappa shape index (κ3) is 3.80. The van der Waals surface area contributed by atoms with Crippen LogP contribution in [0.25, 0.3) is 10.9 Å². The van der Waals surface area contributed by atoms with Gasteiger partial charge >= 0.3 is 0 Å². The summed E-state index contributed by atoms with van der Waals surface area (Å²) in [6.07, 6.45) is 3.62. The first-order chi connectivity index (χ1) is 10.4. The van der Waals surface area contributed by atoms with Crippen LogP contribution >= 0.6 is 0 Å². The van der Waals surface area contributed by atoms with Crippen molar-refractivity contribution in [2.24, 2.45) is 11.8 Å². The molecule has 1 saturated carbocycles. The van der Waals surface area contributed by atoms with Gasteiger partial charge in [-0.3, -0.25) is 5.43 Å². The number of benzene rings is 1. The fraction of sp³-hybridized carbons (Fsp3) is 0.467. The molecule has 0 bridgehead atoms. The second-order valence-electron chi connectivity index (χ2n) is 5.36. The van der Waals surface area contributed by atoms with Gasteiger partial charge in [0.1, 0.15) is 5.82 Å². The van der Waals surface area contributed by atoms with E-state index < -0.39 is 0 Å². The number of nitrogen functional groups attached to an aromatic ring is 1. The minimum absolute atomic E-state index is 0.418. The summed E-state index contributed by atoms with van der Waals surface area (Å²) in [6.45, 7) is 2.52. The van der Waals surface area contributed by atoms with Crippen LogP contribution < -0.4 is 16.6 Å². The van der Waals surface area contributed by atoms with Crippen molar-refractivity contribution in [1.29, 1.82) is 0 Å². The van der Waals surface area contributed by atoms with Crippen LogP contribution in [0.5, 0.6) is 0 Å². The molecule has 6 heteroatoms. The molecule has 1 aliphatic rings. The summed E-state index contributed by atoms with van der Waals surface area (Å²) < 4.78 is 5.62. The summed E-state index contributed by atoms with van der Waals surface area (Å²) in [5.41, 5.74) is 3.37. The molecule has 112 valence electrons. The zero-order valence-corrected chi connectivity index (χ0v) is 12.0. The maximum atomic E-state index is 5.62. The van der Waals surface area contributed by atoms with E-state index in [0.717, 1.165) is 48.8 Å². The van der Waals surface area contributed by atoms with Gasteiger partial charge < -0.3 is 10.1 Å². The van der Waals surface area contributed by atoms with E-state index in [-0.39, 0.29) is 0 Å². The predicted molar refractivity (Wildman–Crippen MR) is 84.0 cm³/mol. The molecule has 0 spiro atoms. The molecule has 0 saturated heterocycles.